The number of amides is 3. The van der Waals surface area contributed by atoms with Crippen LogP contribution in [-0.2, 0) is 14.4 Å². The summed E-state index contributed by atoms with van der Waals surface area (Å²) in [6.45, 7) is 8.56. The Bertz CT molecular complexity index is 943. The van der Waals surface area contributed by atoms with Crippen molar-refractivity contribution in [3.8, 4) is 0 Å². The van der Waals surface area contributed by atoms with Gasteiger partial charge in [-0.05, 0) is 48.9 Å². The number of hydrogen-bond donors (Lipinski definition) is 1. The van der Waals surface area contributed by atoms with Gasteiger partial charge >= 0.3 is 0 Å². The predicted octanol–water partition coefficient (Wildman–Crippen LogP) is 2.71. The van der Waals surface area contributed by atoms with Crippen LogP contribution in [0.25, 0.3) is 0 Å². The molecular formula is C27H40N4O4. The molecule has 35 heavy (non-hydrogen) atoms. The highest BCUT2D eigenvalue weighted by Gasteiger charge is 2.52. The first-order valence-corrected chi connectivity index (χ1v) is 12.7. The molecule has 0 radical (unpaired) electrons. The Balaban J connectivity index is 1.73. The molecule has 192 valence electrons. The third-order valence-electron chi connectivity index (χ3n) is 7.20. The van der Waals surface area contributed by atoms with Gasteiger partial charge in [-0.1, -0.05) is 34.1 Å². The summed E-state index contributed by atoms with van der Waals surface area (Å²) < 4.78 is 0. The number of benzene rings is 1. The minimum Gasteiger partial charge on any atom is -0.378 e. The summed E-state index contributed by atoms with van der Waals surface area (Å²) in [7, 11) is 3.86. The van der Waals surface area contributed by atoms with Gasteiger partial charge < -0.3 is 20.0 Å². The Morgan fingerprint density at radius 1 is 1.09 bits per heavy atom. The highest BCUT2D eigenvalue weighted by Crippen LogP contribution is 2.31. The first-order valence-electron chi connectivity index (χ1n) is 12.7. The Morgan fingerprint density at radius 2 is 1.74 bits per heavy atom. The molecule has 3 rings (SSSR count). The fraction of sp³-hybridized carbons (Fsp3) is 0.630. The van der Waals surface area contributed by atoms with E-state index in [4.69, 9.17) is 0 Å². The third kappa shape index (κ3) is 6.03. The van der Waals surface area contributed by atoms with Crippen LogP contribution in [0.4, 0.5) is 5.69 Å². The number of fused-ring (bicyclic) bond motifs is 1. The van der Waals surface area contributed by atoms with Crippen LogP contribution in [0.5, 0.6) is 0 Å². The number of hydrogen-bond acceptors (Lipinski definition) is 5. The van der Waals surface area contributed by atoms with Gasteiger partial charge in [0.25, 0.3) is 5.91 Å². The van der Waals surface area contributed by atoms with Crippen LogP contribution in [0.1, 0.15) is 63.7 Å². The number of anilines is 1. The maximum atomic E-state index is 13.6. The number of nitrogens with zero attached hydrogens (tertiary/aromatic N) is 3. The minimum absolute atomic E-state index is 0.0114. The van der Waals surface area contributed by atoms with E-state index in [0.717, 1.165) is 12.1 Å². The van der Waals surface area contributed by atoms with Crippen LogP contribution >= 0.6 is 0 Å². The van der Waals surface area contributed by atoms with Crippen molar-refractivity contribution in [2.45, 2.75) is 71.5 Å². The zero-order valence-corrected chi connectivity index (χ0v) is 21.9. The van der Waals surface area contributed by atoms with Gasteiger partial charge in [0, 0.05) is 38.3 Å². The Labute approximate surface area is 209 Å². The van der Waals surface area contributed by atoms with Crippen molar-refractivity contribution < 1.29 is 19.2 Å². The topological polar surface area (TPSA) is 90.0 Å². The van der Waals surface area contributed by atoms with E-state index in [-0.39, 0.29) is 47.9 Å². The van der Waals surface area contributed by atoms with E-state index in [0.29, 0.717) is 31.4 Å². The lowest BCUT2D eigenvalue weighted by molar-refractivity contribution is -0.138. The van der Waals surface area contributed by atoms with Crippen LogP contribution < -0.4 is 10.2 Å². The molecule has 4 atom stereocenters. The van der Waals surface area contributed by atoms with Crippen LogP contribution in [-0.4, -0.2) is 78.6 Å². The minimum atomic E-state index is -0.729. The molecule has 2 aliphatic rings. The molecule has 1 N–H and O–H groups in total. The Kier molecular flexibility index (Phi) is 8.56. The molecular weight excluding hydrogens is 444 g/mol. The molecule has 8 heteroatoms. The summed E-state index contributed by atoms with van der Waals surface area (Å²) in [5, 5.41) is 2.92. The van der Waals surface area contributed by atoms with E-state index in [2.05, 4.69) is 5.32 Å². The van der Waals surface area contributed by atoms with Gasteiger partial charge in [0.15, 0.2) is 5.78 Å². The average Bonchev–Trinajstić information content (AvgIpc) is 3.39. The normalized spacial score (nSPS) is 21.2. The molecule has 0 bridgehead atoms. The molecule has 2 unspecified atom stereocenters. The summed E-state index contributed by atoms with van der Waals surface area (Å²) in [5.74, 6) is -0.225. The number of carbonyl (C=O) groups is 4. The predicted molar refractivity (Wildman–Crippen MR) is 136 cm³/mol. The van der Waals surface area contributed by atoms with Gasteiger partial charge in [-0.2, -0.15) is 0 Å². The van der Waals surface area contributed by atoms with Crippen LogP contribution in [0.2, 0.25) is 0 Å². The van der Waals surface area contributed by atoms with Crippen molar-refractivity contribution in [2.24, 2.45) is 11.8 Å². The number of Topliss-reactive ketones (excluding diaryl/α,β-unsaturated/α-hetero) is 1. The van der Waals surface area contributed by atoms with Crippen LogP contribution in [0, 0.1) is 11.8 Å². The lowest BCUT2D eigenvalue weighted by Crippen LogP contribution is -2.53. The second-order valence-electron chi connectivity index (χ2n) is 10.6. The Hall–Kier alpha value is -2.90. The van der Waals surface area contributed by atoms with Crippen molar-refractivity contribution in [3.05, 3.63) is 29.8 Å². The molecule has 0 spiro atoms. The van der Waals surface area contributed by atoms with E-state index in [1.54, 1.807) is 21.9 Å². The molecule has 1 aromatic carbocycles. The summed E-state index contributed by atoms with van der Waals surface area (Å²) in [6.07, 6.45) is 2.38. The smallest absolute Gasteiger partial charge is 0.251 e. The number of carbonyl (C=O) groups excluding carboxylic acids is 4. The van der Waals surface area contributed by atoms with Crippen molar-refractivity contribution >= 4 is 29.2 Å². The fourth-order valence-electron chi connectivity index (χ4n) is 5.00. The molecule has 0 saturated carbocycles. The summed E-state index contributed by atoms with van der Waals surface area (Å²) in [5.41, 5.74) is 1.46. The van der Waals surface area contributed by atoms with Crippen molar-refractivity contribution in [3.63, 3.8) is 0 Å². The number of ketones is 1. The zero-order chi connectivity index (χ0) is 25.9. The zero-order valence-electron chi connectivity index (χ0n) is 21.9. The van der Waals surface area contributed by atoms with E-state index in [1.165, 1.54) is 0 Å². The number of rotatable bonds is 9. The third-order valence-corrected chi connectivity index (χ3v) is 7.20. The van der Waals surface area contributed by atoms with Gasteiger partial charge in [0.1, 0.15) is 12.1 Å². The molecule has 8 nitrogen and oxygen atoms in total. The van der Waals surface area contributed by atoms with Crippen molar-refractivity contribution in [2.75, 3.05) is 32.1 Å². The molecule has 0 aliphatic carbocycles. The van der Waals surface area contributed by atoms with Gasteiger partial charge in [-0.25, -0.2) is 0 Å². The first-order chi connectivity index (χ1) is 16.5. The standard InChI is InChI=1S/C27H40N4O4/c1-7-18(4)15-24(33)31-16-23(32)25-22(31)12-13-30(25)27(35)21(14-17(2)3)28-26(34)19-8-10-20(11-9-19)29(5)6/h8-11,17-18,21-22,25H,7,12-16H2,1-6H3,(H,28,34)/t18?,21-,22?,25-/m0/s1. The monoisotopic (exact) mass is 484 g/mol. The fourth-order valence-corrected chi connectivity index (χ4v) is 5.00. The largest absolute Gasteiger partial charge is 0.378 e. The first kappa shape index (κ1) is 26.7. The Morgan fingerprint density at radius 3 is 2.31 bits per heavy atom. The van der Waals surface area contributed by atoms with Gasteiger partial charge in [-0.3, -0.25) is 19.2 Å². The van der Waals surface area contributed by atoms with Gasteiger partial charge in [0.05, 0.1) is 12.6 Å². The molecule has 3 amide bonds. The molecule has 2 aliphatic heterocycles. The van der Waals surface area contributed by atoms with Gasteiger partial charge in [-0.15, -0.1) is 0 Å². The van der Waals surface area contributed by atoms with Gasteiger partial charge in [0.2, 0.25) is 11.8 Å². The maximum Gasteiger partial charge on any atom is 0.251 e. The maximum absolute atomic E-state index is 13.6. The lowest BCUT2D eigenvalue weighted by atomic mass is 10.0. The van der Waals surface area contributed by atoms with E-state index >= 15 is 0 Å². The van der Waals surface area contributed by atoms with E-state index < -0.39 is 12.1 Å². The molecule has 0 aromatic heterocycles. The highest BCUT2D eigenvalue weighted by molar-refractivity contribution is 6.01. The van der Waals surface area contributed by atoms with Crippen LogP contribution in [0.15, 0.2) is 24.3 Å². The SMILES string of the molecule is CCC(C)CC(=O)N1CC(=O)[C@@H]2C1CCN2C(=O)[C@H](CC(C)C)NC(=O)c1ccc(N(C)C)cc1. The summed E-state index contributed by atoms with van der Waals surface area (Å²) in [6, 6.07) is 5.60. The molecule has 2 heterocycles. The quantitative estimate of drug-likeness (QED) is 0.582. The van der Waals surface area contributed by atoms with Crippen LogP contribution in [0.3, 0.4) is 0 Å². The highest BCUT2D eigenvalue weighted by atomic mass is 16.2. The van der Waals surface area contributed by atoms with Crippen molar-refractivity contribution in [1.82, 2.24) is 15.1 Å². The van der Waals surface area contributed by atoms with E-state index in [1.807, 2.05) is 58.8 Å². The second-order valence-corrected chi connectivity index (χ2v) is 10.6. The molecule has 2 saturated heterocycles. The average molecular weight is 485 g/mol. The second kappa shape index (κ2) is 11.2. The number of likely N-dealkylation sites (tertiary alicyclic amines) is 2. The summed E-state index contributed by atoms with van der Waals surface area (Å²) >= 11 is 0. The molecule has 1 aromatic rings. The number of nitrogens with one attached hydrogen (secondary N) is 1. The lowest BCUT2D eigenvalue weighted by Gasteiger charge is -2.29. The van der Waals surface area contributed by atoms with Crippen molar-refractivity contribution in [1.29, 1.82) is 0 Å². The van der Waals surface area contributed by atoms with E-state index in [9.17, 15) is 19.2 Å². The molecule has 2 fully saturated rings. The summed E-state index contributed by atoms with van der Waals surface area (Å²) in [4.78, 5) is 57.6.